The lowest BCUT2D eigenvalue weighted by molar-refractivity contribution is 0.0689. The molecule has 0 spiro atoms. The summed E-state index contributed by atoms with van der Waals surface area (Å²) in [6, 6.07) is 6.67. The van der Waals surface area contributed by atoms with Gasteiger partial charge in [0.15, 0.2) is 0 Å². The molecule has 76 valence electrons. The van der Waals surface area contributed by atoms with E-state index in [4.69, 9.17) is 9.84 Å². The first kappa shape index (κ1) is 10.6. The minimum atomic E-state index is -0.955. The summed E-state index contributed by atoms with van der Waals surface area (Å²) in [5.74, 6) is -0.516. The lowest BCUT2D eigenvalue weighted by Crippen LogP contribution is -2.12. The molecule has 1 aromatic rings. The minimum absolute atomic E-state index is 0.0375. The molecule has 0 aromatic heterocycles. The number of carboxylic acid groups (broad SMARTS) is 1. The van der Waals surface area contributed by atoms with Crippen LogP contribution in [0, 0.1) is 0 Å². The van der Waals surface area contributed by atoms with Gasteiger partial charge < -0.3 is 9.84 Å². The van der Waals surface area contributed by atoms with Gasteiger partial charge in [0.25, 0.3) is 0 Å². The van der Waals surface area contributed by atoms with E-state index in [1.54, 1.807) is 24.3 Å². The topological polar surface area (TPSA) is 46.5 Å². The second-order valence-electron chi connectivity index (χ2n) is 3.14. The Kier molecular flexibility index (Phi) is 3.51. The van der Waals surface area contributed by atoms with Crippen LogP contribution in [0.4, 0.5) is 0 Å². The molecular weight excluding hydrogens is 180 g/mol. The van der Waals surface area contributed by atoms with Gasteiger partial charge in [0, 0.05) is 0 Å². The van der Waals surface area contributed by atoms with Gasteiger partial charge in [-0.3, -0.25) is 0 Å². The normalized spacial score (nSPS) is 12.1. The van der Waals surface area contributed by atoms with Crippen molar-refractivity contribution in [3.63, 3.8) is 0 Å². The van der Waals surface area contributed by atoms with Gasteiger partial charge in [0.1, 0.15) is 11.3 Å². The number of carbonyl (C=O) groups is 1. The molecule has 0 saturated heterocycles. The van der Waals surface area contributed by atoms with Crippen molar-refractivity contribution in [2.45, 2.75) is 26.4 Å². The average Bonchev–Trinajstić information content (AvgIpc) is 2.18. The van der Waals surface area contributed by atoms with Crippen LogP contribution >= 0.6 is 0 Å². The van der Waals surface area contributed by atoms with Crippen molar-refractivity contribution in [2.75, 3.05) is 0 Å². The van der Waals surface area contributed by atoms with Crippen LogP contribution in [0.15, 0.2) is 24.3 Å². The van der Waals surface area contributed by atoms with Crippen molar-refractivity contribution in [3.05, 3.63) is 29.8 Å². The van der Waals surface area contributed by atoms with E-state index in [0.29, 0.717) is 5.75 Å². The lowest BCUT2D eigenvalue weighted by atomic mass is 10.2. The third-order valence-electron chi connectivity index (χ3n) is 2.02. The first-order chi connectivity index (χ1) is 6.65. The largest absolute Gasteiger partial charge is 0.490 e. The zero-order chi connectivity index (χ0) is 10.6. The minimum Gasteiger partial charge on any atom is -0.490 e. The maximum atomic E-state index is 10.8. The molecular formula is C11H14O3. The van der Waals surface area contributed by atoms with Crippen molar-refractivity contribution in [1.82, 2.24) is 0 Å². The number of aromatic carboxylic acids is 1. The fourth-order valence-electron chi connectivity index (χ4n) is 1.05. The zero-order valence-corrected chi connectivity index (χ0v) is 8.36. The van der Waals surface area contributed by atoms with Gasteiger partial charge in [0.2, 0.25) is 0 Å². The number of para-hydroxylation sites is 1. The Labute approximate surface area is 83.3 Å². The molecule has 0 aliphatic carbocycles. The second-order valence-corrected chi connectivity index (χ2v) is 3.14. The molecule has 1 N–H and O–H groups in total. The maximum Gasteiger partial charge on any atom is 0.339 e. The molecule has 0 amide bonds. The van der Waals surface area contributed by atoms with Crippen molar-refractivity contribution in [3.8, 4) is 5.75 Å². The number of benzene rings is 1. The second kappa shape index (κ2) is 4.65. The highest BCUT2D eigenvalue weighted by atomic mass is 16.5. The molecule has 0 radical (unpaired) electrons. The predicted octanol–water partition coefficient (Wildman–Crippen LogP) is 2.56. The van der Waals surface area contributed by atoms with Crippen molar-refractivity contribution in [2.24, 2.45) is 0 Å². The van der Waals surface area contributed by atoms with E-state index in [1.165, 1.54) is 0 Å². The summed E-state index contributed by atoms with van der Waals surface area (Å²) in [5, 5.41) is 8.87. The van der Waals surface area contributed by atoms with E-state index in [-0.39, 0.29) is 11.7 Å². The zero-order valence-electron chi connectivity index (χ0n) is 8.36. The Morgan fingerprint density at radius 2 is 2.14 bits per heavy atom. The molecule has 1 aromatic carbocycles. The average molecular weight is 194 g/mol. The predicted molar refractivity (Wildman–Crippen MR) is 53.8 cm³/mol. The van der Waals surface area contributed by atoms with E-state index < -0.39 is 5.97 Å². The Morgan fingerprint density at radius 3 is 2.71 bits per heavy atom. The Bertz CT molecular complexity index is 320. The molecule has 0 aliphatic rings. The SMILES string of the molecule is CC[C@@H](C)Oc1ccccc1C(=O)O. The summed E-state index contributed by atoms with van der Waals surface area (Å²) in [4.78, 5) is 10.8. The summed E-state index contributed by atoms with van der Waals surface area (Å²) in [6.07, 6.45) is 0.893. The van der Waals surface area contributed by atoms with Crippen molar-refractivity contribution < 1.29 is 14.6 Å². The summed E-state index contributed by atoms with van der Waals surface area (Å²) in [6.45, 7) is 3.91. The van der Waals surface area contributed by atoms with Crippen molar-refractivity contribution in [1.29, 1.82) is 0 Å². The molecule has 1 rings (SSSR count). The molecule has 3 nitrogen and oxygen atoms in total. The van der Waals surface area contributed by atoms with E-state index in [0.717, 1.165) is 6.42 Å². The molecule has 14 heavy (non-hydrogen) atoms. The Morgan fingerprint density at radius 1 is 1.50 bits per heavy atom. The van der Waals surface area contributed by atoms with E-state index in [2.05, 4.69) is 0 Å². The molecule has 0 bridgehead atoms. The van der Waals surface area contributed by atoms with E-state index >= 15 is 0 Å². The van der Waals surface area contributed by atoms with Crippen molar-refractivity contribution >= 4 is 5.97 Å². The Hall–Kier alpha value is -1.51. The number of carboxylic acids is 1. The first-order valence-electron chi connectivity index (χ1n) is 4.64. The smallest absolute Gasteiger partial charge is 0.339 e. The first-order valence-corrected chi connectivity index (χ1v) is 4.64. The van der Waals surface area contributed by atoms with Gasteiger partial charge in [-0.05, 0) is 25.5 Å². The van der Waals surface area contributed by atoms with E-state index in [1.807, 2.05) is 13.8 Å². The monoisotopic (exact) mass is 194 g/mol. The molecule has 0 heterocycles. The third kappa shape index (κ3) is 2.49. The van der Waals surface area contributed by atoms with E-state index in [9.17, 15) is 4.79 Å². The lowest BCUT2D eigenvalue weighted by Gasteiger charge is -2.13. The van der Waals surface area contributed by atoms with Crippen LogP contribution in [0.1, 0.15) is 30.6 Å². The molecule has 0 aliphatic heterocycles. The highest BCUT2D eigenvalue weighted by Crippen LogP contribution is 2.19. The third-order valence-corrected chi connectivity index (χ3v) is 2.02. The van der Waals surface area contributed by atoms with Crippen LogP contribution in [0.25, 0.3) is 0 Å². The van der Waals surface area contributed by atoms with Gasteiger partial charge >= 0.3 is 5.97 Å². The Balaban J connectivity index is 2.90. The fourth-order valence-corrected chi connectivity index (χ4v) is 1.05. The van der Waals surface area contributed by atoms with Gasteiger partial charge in [-0.2, -0.15) is 0 Å². The standard InChI is InChI=1S/C11H14O3/c1-3-8(2)14-10-7-5-4-6-9(10)11(12)13/h4-8H,3H2,1-2H3,(H,12,13)/t8-/m1/s1. The number of rotatable bonds is 4. The number of ether oxygens (including phenoxy) is 1. The highest BCUT2D eigenvalue weighted by molar-refractivity contribution is 5.90. The van der Waals surface area contributed by atoms with Gasteiger partial charge in [0.05, 0.1) is 6.10 Å². The van der Waals surface area contributed by atoms with Crippen LogP contribution < -0.4 is 4.74 Å². The van der Waals surface area contributed by atoms with Gasteiger partial charge in [-0.25, -0.2) is 4.79 Å². The summed E-state index contributed by atoms with van der Waals surface area (Å²) >= 11 is 0. The van der Waals surface area contributed by atoms with Gasteiger partial charge in [-0.15, -0.1) is 0 Å². The maximum absolute atomic E-state index is 10.8. The van der Waals surface area contributed by atoms with Crippen LogP contribution in [-0.4, -0.2) is 17.2 Å². The summed E-state index contributed by atoms with van der Waals surface area (Å²) in [7, 11) is 0. The van der Waals surface area contributed by atoms with Gasteiger partial charge in [-0.1, -0.05) is 19.1 Å². The van der Waals surface area contributed by atoms with Crippen LogP contribution in [-0.2, 0) is 0 Å². The van der Waals surface area contributed by atoms with Crippen LogP contribution in [0.2, 0.25) is 0 Å². The quantitative estimate of drug-likeness (QED) is 0.801. The fraction of sp³-hybridized carbons (Fsp3) is 0.364. The molecule has 0 unspecified atom stereocenters. The number of hydrogen-bond acceptors (Lipinski definition) is 2. The summed E-state index contributed by atoms with van der Waals surface area (Å²) < 4.78 is 5.48. The summed E-state index contributed by atoms with van der Waals surface area (Å²) in [5.41, 5.74) is 0.216. The number of hydrogen-bond donors (Lipinski definition) is 1. The molecule has 3 heteroatoms. The molecule has 1 atom stereocenters. The molecule has 0 fully saturated rings. The molecule has 0 saturated carbocycles. The van der Waals surface area contributed by atoms with Crippen LogP contribution in [0.3, 0.4) is 0 Å². The van der Waals surface area contributed by atoms with Crippen LogP contribution in [0.5, 0.6) is 5.75 Å². The highest BCUT2D eigenvalue weighted by Gasteiger charge is 2.11.